The first-order valence-electron chi connectivity index (χ1n) is 6.85. The van der Waals surface area contributed by atoms with Gasteiger partial charge in [0, 0.05) is 24.2 Å². The van der Waals surface area contributed by atoms with Gasteiger partial charge in [-0.1, -0.05) is 32.0 Å². The highest BCUT2D eigenvalue weighted by Crippen LogP contribution is 2.20. The number of benzene rings is 1. The van der Waals surface area contributed by atoms with Gasteiger partial charge in [0.15, 0.2) is 0 Å². The van der Waals surface area contributed by atoms with Crippen LogP contribution in [0.5, 0.6) is 0 Å². The van der Waals surface area contributed by atoms with Crippen molar-refractivity contribution in [3.05, 3.63) is 54.5 Å². The molecule has 4 nitrogen and oxygen atoms in total. The summed E-state index contributed by atoms with van der Waals surface area (Å²) in [5, 5.41) is 9.08. The van der Waals surface area contributed by atoms with Gasteiger partial charge in [0.25, 0.3) is 0 Å². The van der Waals surface area contributed by atoms with E-state index in [-0.39, 0.29) is 0 Å². The lowest BCUT2D eigenvalue weighted by Crippen LogP contribution is -2.22. The molecule has 0 amide bonds. The van der Waals surface area contributed by atoms with E-state index in [2.05, 4.69) is 41.4 Å². The van der Waals surface area contributed by atoms with E-state index in [0.29, 0.717) is 6.04 Å². The quantitative estimate of drug-likeness (QED) is 0.789. The molecule has 0 radical (unpaired) electrons. The van der Waals surface area contributed by atoms with Crippen LogP contribution in [0.2, 0.25) is 0 Å². The first kappa shape index (κ1) is 12.8. The first-order chi connectivity index (χ1) is 9.75. The smallest absolute Gasteiger partial charge is 0.0880 e. The lowest BCUT2D eigenvalue weighted by molar-refractivity contribution is 0.586. The Labute approximate surface area is 118 Å². The molecule has 4 heteroatoms. The number of fused-ring (bicyclic) bond motifs is 1. The van der Waals surface area contributed by atoms with Crippen molar-refractivity contribution >= 4 is 10.9 Å². The summed E-state index contributed by atoms with van der Waals surface area (Å²) in [7, 11) is 0. The van der Waals surface area contributed by atoms with Gasteiger partial charge in [-0.3, -0.25) is 4.98 Å². The second-order valence-corrected chi connectivity index (χ2v) is 5.16. The standard InChI is InChI=1S/C16H18N4/c1-12(2)18-9-14-7-8-17-11-16(14)20-15-6-4-3-5-13(15)10-19-20/h3-8,10-12,18H,9H2,1-2H3. The van der Waals surface area contributed by atoms with Crippen molar-refractivity contribution in [3.8, 4) is 5.69 Å². The van der Waals surface area contributed by atoms with Crippen LogP contribution in [0.1, 0.15) is 19.4 Å². The van der Waals surface area contributed by atoms with Crippen LogP contribution in [-0.2, 0) is 6.54 Å². The van der Waals surface area contributed by atoms with Gasteiger partial charge in [-0.25, -0.2) is 4.68 Å². The number of hydrogen-bond acceptors (Lipinski definition) is 3. The van der Waals surface area contributed by atoms with Gasteiger partial charge < -0.3 is 5.32 Å². The number of aromatic nitrogens is 3. The molecule has 3 rings (SSSR count). The van der Waals surface area contributed by atoms with Crippen molar-refractivity contribution in [2.45, 2.75) is 26.4 Å². The summed E-state index contributed by atoms with van der Waals surface area (Å²) in [5.74, 6) is 0. The molecule has 1 N–H and O–H groups in total. The summed E-state index contributed by atoms with van der Waals surface area (Å²) in [6.07, 6.45) is 5.59. The minimum atomic E-state index is 0.449. The molecule has 2 heterocycles. The van der Waals surface area contributed by atoms with E-state index in [1.54, 1.807) is 0 Å². The first-order valence-corrected chi connectivity index (χ1v) is 6.85. The molecule has 0 saturated carbocycles. The summed E-state index contributed by atoms with van der Waals surface area (Å²) in [4.78, 5) is 4.25. The Kier molecular flexibility index (Phi) is 3.48. The van der Waals surface area contributed by atoms with Crippen LogP contribution in [0, 0.1) is 0 Å². The topological polar surface area (TPSA) is 42.7 Å². The van der Waals surface area contributed by atoms with Crippen molar-refractivity contribution < 1.29 is 0 Å². The maximum atomic E-state index is 4.50. The van der Waals surface area contributed by atoms with Gasteiger partial charge in [-0.15, -0.1) is 0 Å². The molecular weight excluding hydrogens is 248 g/mol. The Morgan fingerprint density at radius 2 is 2.00 bits per heavy atom. The Hall–Kier alpha value is -2.20. The molecule has 0 bridgehead atoms. The zero-order valence-corrected chi connectivity index (χ0v) is 11.7. The van der Waals surface area contributed by atoms with E-state index in [9.17, 15) is 0 Å². The van der Waals surface area contributed by atoms with Gasteiger partial charge in [0.1, 0.15) is 0 Å². The van der Waals surface area contributed by atoms with Crippen molar-refractivity contribution in [1.29, 1.82) is 0 Å². The van der Waals surface area contributed by atoms with Crippen LogP contribution < -0.4 is 5.32 Å². The monoisotopic (exact) mass is 266 g/mol. The Morgan fingerprint density at radius 1 is 1.15 bits per heavy atom. The van der Waals surface area contributed by atoms with Crippen molar-refractivity contribution in [1.82, 2.24) is 20.1 Å². The highest BCUT2D eigenvalue weighted by Gasteiger charge is 2.09. The Bertz CT molecular complexity index is 715. The van der Waals surface area contributed by atoms with E-state index >= 15 is 0 Å². The number of nitrogens with zero attached hydrogens (tertiary/aromatic N) is 3. The lowest BCUT2D eigenvalue weighted by atomic mass is 10.2. The zero-order valence-electron chi connectivity index (χ0n) is 11.7. The molecule has 3 aromatic rings. The summed E-state index contributed by atoms with van der Waals surface area (Å²) in [6.45, 7) is 5.10. The third-order valence-corrected chi connectivity index (χ3v) is 3.29. The van der Waals surface area contributed by atoms with E-state index in [1.807, 2.05) is 41.5 Å². The number of pyridine rings is 1. The van der Waals surface area contributed by atoms with Crippen molar-refractivity contribution in [2.24, 2.45) is 0 Å². The molecule has 1 aromatic carbocycles. The van der Waals surface area contributed by atoms with Crippen molar-refractivity contribution in [3.63, 3.8) is 0 Å². The predicted molar refractivity (Wildman–Crippen MR) is 80.8 cm³/mol. The summed E-state index contributed by atoms with van der Waals surface area (Å²) in [5.41, 5.74) is 3.33. The van der Waals surface area contributed by atoms with Gasteiger partial charge in [0.2, 0.25) is 0 Å². The van der Waals surface area contributed by atoms with Crippen molar-refractivity contribution in [2.75, 3.05) is 0 Å². The SMILES string of the molecule is CC(C)NCc1ccncc1-n1ncc2ccccc21. The lowest BCUT2D eigenvalue weighted by Gasteiger charge is -2.12. The van der Waals surface area contributed by atoms with Crippen LogP contribution >= 0.6 is 0 Å². The second-order valence-electron chi connectivity index (χ2n) is 5.16. The van der Waals surface area contributed by atoms with E-state index in [1.165, 1.54) is 5.56 Å². The Morgan fingerprint density at radius 3 is 2.85 bits per heavy atom. The molecule has 0 aliphatic carbocycles. The minimum Gasteiger partial charge on any atom is -0.310 e. The molecule has 0 atom stereocenters. The fourth-order valence-electron chi connectivity index (χ4n) is 2.23. The van der Waals surface area contributed by atoms with Crippen LogP contribution in [0.3, 0.4) is 0 Å². The molecule has 0 aliphatic rings. The number of hydrogen-bond donors (Lipinski definition) is 1. The maximum absolute atomic E-state index is 4.50. The highest BCUT2D eigenvalue weighted by molar-refractivity contribution is 5.80. The van der Waals surface area contributed by atoms with Gasteiger partial charge in [-0.05, 0) is 17.7 Å². The second kappa shape index (κ2) is 5.43. The molecule has 102 valence electrons. The summed E-state index contributed by atoms with van der Waals surface area (Å²) in [6, 6.07) is 10.7. The van der Waals surface area contributed by atoms with Gasteiger partial charge in [0.05, 0.1) is 23.6 Å². The molecular formula is C16H18N4. The number of para-hydroxylation sites is 1. The molecule has 20 heavy (non-hydrogen) atoms. The molecule has 0 saturated heterocycles. The van der Waals surface area contributed by atoms with E-state index in [0.717, 1.165) is 23.1 Å². The van der Waals surface area contributed by atoms with E-state index < -0.39 is 0 Å². The molecule has 2 aromatic heterocycles. The fourth-order valence-corrected chi connectivity index (χ4v) is 2.23. The van der Waals surface area contributed by atoms with Crippen LogP contribution in [0.15, 0.2) is 48.9 Å². The minimum absolute atomic E-state index is 0.449. The molecule has 0 fully saturated rings. The summed E-state index contributed by atoms with van der Waals surface area (Å²) < 4.78 is 1.96. The number of nitrogens with one attached hydrogen (secondary N) is 1. The molecule has 0 unspecified atom stereocenters. The number of rotatable bonds is 4. The molecule has 0 aliphatic heterocycles. The van der Waals surface area contributed by atoms with Crippen LogP contribution in [-0.4, -0.2) is 20.8 Å². The summed E-state index contributed by atoms with van der Waals surface area (Å²) >= 11 is 0. The third-order valence-electron chi connectivity index (χ3n) is 3.29. The zero-order chi connectivity index (χ0) is 13.9. The average molecular weight is 266 g/mol. The Balaban J connectivity index is 2.05. The average Bonchev–Trinajstić information content (AvgIpc) is 2.89. The molecule has 0 spiro atoms. The van der Waals surface area contributed by atoms with Crippen LogP contribution in [0.25, 0.3) is 16.6 Å². The fraction of sp³-hybridized carbons (Fsp3) is 0.250. The largest absolute Gasteiger partial charge is 0.310 e. The maximum Gasteiger partial charge on any atom is 0.0880 e. The highest BCUT2D eigenvalue weighted by atomic mass is 15.3. The van der Waals surface area contributed by atoms with Crippen LogP contribution in [0.4, 0.5) is 0 Å². The van der Waals surface area contributed by atoms with Gasteiger partial charge >= 0.3 is 0 Å². The normalized spacial score (nSPS) is 11.3. The predicted octanol–water partition coefficient (Wildman–Crippen LogP) is 2.92. The van der Waals surface area contributed by atoms with Gasteiger partial charge in [-0.2, -0.15) is 5.10 Å². The van der Waals surface area contributed by atoms with E-state index in [4.69, 9.17) is 0 Å². The third kappa shape index (κ3) is 2.42.